The van der Waals surface area contributed by atoms with Crippen LogP contribution in [0.25, 0.3) is 0 Å². The lowest BCUT2D eigenvalue weighted by Gasteiger charge is -2.27. The van der Waals surface area contributed by atoms with Crippen molar-refractivity contribution in [1.29, 1.82) is 0 Å². The second-order valence-electron chi connectivity index (χ2n) is 6.96. The first-order chi connectivity index (χ1) is 15.5. The summed E-state index contributed by atoms with van der Waals surface area (Å²) >= 11 is 0. The molecule has 4 rings (SSSR count). The Kier molecular flexibility index (Phi) is 5.51. The number of aliphatic hydroxyl groups is 1. The zero-order valence-corrected chi connectivity index (χ0v) is 17.3. The van der Waals surface area contributed by atoms with Gasteiger partial charge in [-0.05, 0) is 54.1 Å². The van der Waals surface area contributed by atoms with Crippen molar-refractivity contribution in [3.63, 3.8) is 0 Å². The number of amides is 1. The van der Waals surface area contributed by atoms with Crippen molar-refractivity contribution in [3.8, 4) is 5.75 Å². The molecule has 32 heavy (non-hydrogen) atoms. The molecular weight excluding hydrogens is 414 g/mol. The highest BCUT2D eigenvalue weighted by Gasteiger charge is 2.45. The van der Waals surface area contributed by atoms with Gasteiger partial charge in [-0.2, -0.15) is 0 Å². The molecule has 0 fully saturated rings. The van der Waals surface area contributed by atoms with Gasteiger partial charge in [0.05, 0.1) is 37.7 Å². The zero-order chi connectivity index (χ0) is 22.8. The third-order valence-corrected chi connectivity index (χ3v) is 5.20. The highest BCUT2D eigenvalue weighted by atomic mass is 16.5. The number of methoxy groups -OCH3 is 2. The van der Waals surface area contributed by atoms with Crippen LogP contribution in [0.15, 0.2) is 82.7 Å². The number of carbonyl (C=O) groups is 3. The fourth-order valence-electron chi connectivity index (χ4n) is 3.62. The number of Topliss-reactive ketones (excluding diaryl/α,β-unsaturated/α-hetero) is 1. The summed E-state index contributed by atoms with van der Waals surface area (Å²) in [6.45, 7) is 0. The van der Waals surface area contributed by atoms with Crippen LogP contribution in [-0.4, -0.2) is 37.0 Å². The van der Waals surface area contributed by atoms with Gasteiger partial charge in [-0.15, -0.1) is 0 Å². The molecule has 3 aromatic rings. The van der Waals surface area contributed by atoms with E-state index in [2.05, 4.69) is 0 Å². The molecule has 8 nitrogen and oxygen atoms in total. The Morgan fingerprint density at radius 2 is 1.69 bits per heavy atom. The van der Waals surface area contributed by atoms with E-state index in [9.17, 15) is 19.5 Å². The van der Waals surface area contributed by atoms with Gasteiger partial charge < -0.3 is 19.0 Å². The van der Waals surface area contributed by atoms with Crippen LogP contribution >= 0.6 is 0 Å². The van der Waals surface area contributed by atoms with Crippen molar-refractivity contribution in [2.45, 2.75) is 6.04 Å². The number of nitrogens with zero attached hydrogens (tertiary/aromatic N) is 1. The van der Waals surface area contributed by atoms with Crippen molar-refractivity contribution in [1.82, 2.24) is 0 Å². The van der Waals surface area contributed by atoms with Gasteiger partial charge in [0.25, 0.3) is 5.91 Å². The lowest BCUT2D eigenvalue weighted by Crippen LogP contribution is -2.31. The molecule has 1 atom stereocenters. The molecule has 1 aliphatic rings. The number of carbonyl (C=O) groups excluding carboxylic acids is 3. The molecule has 0 saturated heterocycles. The van der Waals surface area contributed by atoms with Gasteiger partial charge >= 0.3 is 5.97 Å². The third-order valence-electron chi connectivity index (χ3n) is 5.20. The van der Waals surface area contributed by atoms with E-state index in [0.717, 1.165) is 0 Å². The summed E-state index contributed by atoms with van der Waals surface area (Å²) in [5, 5.41) is 10.7. The van der Waals surface area contributed by atoms with E-state index in [1.54, 1.807) is 42.5 Å². The fraction of sp³-hybridized carbons (Fsp3) is 0.125. The monoisotopic (exact) mass is 433 g/mol. The molecule has 1 aromatic heterocycles. The van der Waals surface area contributed by atoms with Crippen LogP contribution in [0.1, 0.15) is 32.5 Å². The van der Waals surface area contributed by atoms with Gasteiger partial charge in [-0.1, -0.05) is 12.1 Å². The van der Waals surface area contributed by atoms with Crippen molar-refractivity contribution < 1.29 is 33.4 Å². The minimum Gasteiger partial charge on any atom is -0.503 e. The molecule has 1 amide bonds. The maximum absolute atomic E-state index is 13.2. The van der Waals surface area contributed by atoms with Crippen LogP contribution in [0.4, 0.5) is 5.69 Å². The highest BCUT2D eigenvalue weighted by molar-refractivity contribution is 6.20. The Bertz CT molecular complexity index is 1190. The molecule has 0 spiro atoms. The van der Waals surface area contributed by atoms with Gasteiger partial charge in [-0.3, -0.25) is 14.5 Å². The maximum Gasteiger partial charge on any atom is 0.337 e. The molecule has 0 bridgehead atoms. The predicted octanol–water partition coefficient (Wildman–Crippen LogP) is 3.86. The minimum absolute atomic E-state index is 0.000695. The third kappa shape index (κ3) is 3.51. The molecule has 2 aromatic carbocycles. The number of ether oxygens (including phenoxy) is 2. The lowest BCUT2D eigenvalue weighted by atomic mass is 9.94. The average molecular weight is 433 g/mol. The van der Waals surface area contributed by atoms with Crippen molar-refractivity contribution in [2.24, 2.45) is 0 Å². The Hall–Kier alpha value is -4.33. The van der Waals surface area contributed by atoms with E-state index in [0.29, 0.717) is 22.6 Å². The Morgan fingerprint density at radius 3 is 2.25 bits per heavy atom. The van der Waals surface area contributed by atoms with E-state index in [1.807, 2.05) is 0 Å². The smallest absolute Gasteiger partial charge is 0.337 e. The van der Waals surface area contributed by atoms with Crippen LogP contribution in [0.2, 0.25) is 0 Å². The van der Waals surface area contributed by atoms with Crippen LogP contribution in [-0.2, 0) is 9.53 Å². The molecule has 1 N–H and O–H groups in total. The van der Waals surface area contributed by atoms with Gasteiger partial charge in [0.2, 0.25) is 5.78 Å². The molecule has 8 heteroatoms. The number of esters is 1. The quantitative estimate of drug-likeness (QED) is 0.465. The first-order valence-corrected chi connectivity index (χ1v) is 9.63. The SMILES string of the molecule is COC(=O)c1ccc(N2C(=O)C(O)=C(C(=O)c3ccco3)C2c2ccc(OC)cc2)cc1. The lowest BCUT2D eigenvalue weighted by molar-refractivity contribution is -0.117. The van der Waals surface area contributed by atoms with Crippen molar-refractivity contribution in [3.05, 3.63) is 95.1 Å². The van der Waals surface area contributed by atoms with Gasteiger partial charge in [0, 0.05) is 5.69 Å². The Labute approximate surface area is 183 Å². The van der Waals surface area contributed by atoms with E-state index in [4.69, 9.17) is 13.9 Å². The van der Waals surface area contributed by atoms with E-state index < -0.39 is 29.5 Å². The van der Waals surface area contributed by atoms with E-state index in [-0.39, 0.29) is 11.3 Å². The van der Waals surface area contributed by atoms with Crippen LogP contribution in [0.3, 0.4) is 0 Å². The topological polar surface area (TPSA) is 106 Å². The van der Waals surface area contributed by atoms with Crippen LogP contribution < -0.4 is 9.64 Å². The van der Waals surface area contributed by atoms with E-state index >= 15 is 0 Å². The van der Waals surface area contributed by atoms with Crippen LogP contribution in [0.5, 0.6) is 5.75 Å². The first kappa shape index (κ1) is 20.9. The summed E-state index contributed by atoms with van der Waals surface area (Å²) in [6.07, 6.45) is 1.34. The van der Waals surface area contributed by atoms with Gasteiger partial charge in [0.15, 0.2) is 11.5 Å². The molecule has 1 aliphatic heterocycles. The van der Waals surface area contributed by atoms with Crippen molar-refractivity contribution in [2.75, 3.05) is 19.1 Å². The molecule has 0 saturated carbocycles. The number of benzene rings is 2. The average Bonchev–Trinajstić information content (AvgIpc) is 3.46. The number of hydrogen-bond donors (Lipinski definition) is 1. The Morgan fingerprint density at radius 1 is 1.00 bits per heavy atom. The number of aliphatic hydroxyl groups excluding tert-OH is 1. The molecule has 1 unspecified atom stereocenters. The molecule has 2 heterocycles. The summed E-state index contributed by atoms with van der Waals surface area (Å²) in [4.78, 5) is 39.3. The standard InChI is InChI=1S/C24H19NO7/c1-30-17-11-7-14(8-12-17)20-19(21(26)18-4-3-13-32-18)22(27)23(28)25(20)16-9-5-15(6-10-16)24(29)31-2/h3-13,20,27H,1-2H3. The van der Waals surface area contributed by atoms with Crippen LogP contribution in [0, 0.1) is 0 Å². The predicted molar refractivity (Wildman–Crippen MR) is 114 cm³/mol. The summed E-state index contributed by atoms with van der Waals surface area (Å²) in [5.41, 5.74) is 1.16. The minimum atomic E-state index is -0.921. The second-order valence-corrected chi connectivity index (χ2v) is 6.96. The summed E-state index contributed by atoms with van der Waals surface area (Å²) in [7, 11) is 2.80. The molecule has 0 radical (unpaired) electrons. The molecule has 162 valence electrons. The number of ketones is 1. The number of anilines is 1. The number of rotatable bonds is 6. The zero-order valence-electron chi connectivity index (χ0n) is 17.3. The molecule has 0 aliphatic carbocycles. The molecular formula is C24H19NO7. The summed E-state index contributed by atoms with van der Waals surface area (Å²) < 4.78 is 15.1. The summed E-state index contributed by atoms with van der Waals surface area (Å²) in [5.74, 6) is -1.93. The Balaban J connectivity index is 1.82. The summed E-state index contributed by atoms with van der Waals surface area (Å²) in [6, 6.07) is 15.0. The van der Waals surface area contributed by atoms with Gasteiger partial charge in [0.1, 0.15) is 5.75 Å². The first-order valence-electron chi connectivity index (χ1n) is 9.63. The fourth-order valence-corrected chi connectivity index (χ4v) is 3.62. The van der Waals surface area contributed by atoms with Crippen molar-refractivity contribution >= 4 is 23.3 Å². The van der Waals surface area contributed by atoms with Gasteiger partial charge in [-0.25, -0.2) is 4.79 Å². The van der Waals surface area contributed by atoms with E-state index in [1.165, 1.54) is 43.6 Å². The number of hydrogen-bond acceptors (Lipinski definition) is 7. The second kappa shape index (κ2) is 8.43. The maximum atomic E-state index is 13.2. The number of furan rings is 1. The normalized spacial score (nSPS) is 15.8. The largest absolute Gasteiger partial charge is 0.503 e. The highest BCUT2D eigenvalue weighted by Crippen LogP contribution is 2.42.